The van der Waals surface area contributed by atoms with E-state index in [1.54, 1.807) is 13.0 Å². The number of aliphatic hydroxyl groups is 1. The van der Waals surface area contributed by atoms with Crippen LogP contribution in [0.25, 0.3) is 0 Å². The summed E-state index contributed by atoms with van der Waals surface area (Å²) < 4.78 is 28.4. The Kier molecular flexibility index (Phi) is 6.81. The third-order valence-corrected chi connectivity index (χ3v) is 6.87. The first kappa shape index (κ1) is 18.2. The van der Waals surface area contributed by atoms with Crippen LogP contribution in [0.4, 0.5) is 5.69 Å². The Labute approximate surface area is 140 Å². The molecule has 5 nitrogen and oxygen atoms in total. The van der Waals surface area contributed by atoms with Gasteiger partial charge in [-0.3, -0.25) is 0 Å². The van der Waals surface area contributed by atoms with E-state index in [0.29, 0.717) is 8.95 Å². The molecule has 4 N–H and O–H groups in total. The standard InChI is InChI=1S/C11H16Br2N2O3S2/c1-6(10(5-16)19-2)15-20(17,18)11-8(13)3-7(12)4-9(11)14/h3-4,6,10,15-16H,5,14H2,1-2H3. The molecule has 0 heterocycles. The van der Waals surface area contributed by atoms with Crippen LogP contribution in [0.15, 0.2) is 26.0 Å². The van der Waals surface area contributed by atoms with Gasteiger partial charge in [-0.1, -0.05) is 15.9 Å². The molecule has 1 aromatic carbocycles. The molecule has 2 unspecified atom stereocenters. The van der Waals surface area contributed by atoms with Gasteiger partial charge in [-0.2, -0.15) is 11.8 Å². The highest BCUT2D eigenvalue weighted by Crippen LogP contribution is 2.31. The van der Waals surface area contributed by atoms with Gasteiger partial charge in [0.15, 0.2) is 0 Å². The van der Waals surface area contributed by atoms with E-state index in [2.05, 4.69) is 36.6 Å². The maximum Gasteiger partial charge on any atom is 0.244 e. The molecule has 0 aliphatic carbocycles. The third-order valence-electron chi connectivity index (χ3n) is 2.69. The summed E-state index contributed by atoms with van der Waals surface area (Å²) in [7, 11) is -3.77. The van der Waals surface area contributed by atoms with E-state index < -0.39 is 16.1 Å². The quantitative estimate of drug-likeness (QED) is 0.581. The number of hydrogen-bond donors (Lipinski definition) is 3. The molecular weight excluding hydrogens is 432 g/mol. The molecule has 0 fully saturated rings. The molecule has 0 saturated carbocycles. The Morgan fingerprint density at radius 1 is 1.45 bits per heavy atom. The second-order valence-electron chi connectivity index (χ2n) is 4.17. The molecule has 0 aliphatic rings. The molecule has 0 aliphatic heterocycles. The minimum atomic E-state index is -3.77. The maximum atomic E-state index is 12.4. The number of hydrogen-bond acceptors (Lipinski definition) is 5. The number of anilines is 1. The SMILES string of the molecule is CSC(CO)C(C)NS(=O)(=O)c1c(N)cc(Br)cc1Br. The summed E-state index contributed by atoms with van der Waals surface area (Å²) in [6, 6.07) is 2.73. The van der Waals surface area contributed by atoms with Crippen LogP contribution in [0, 0.1) is 0 Å². The molecule has 0 radical (unpaired) electrons. The Morgan fingerprint density at radius 2 is 2.05 bits per heavy atom. The number of thioether (sulfide) groups is 1. The van der Waals surface area contributed by atoms with E-state index in [1.165, 1.54) is 17.8 Å². The number of nitrogen functional groups attached to an aromatic ring is 1. The number of nitrogens with one attached hydrogen (secondary N) is 1. The summed E-state index contributed by atoms with van der Waals surface area (Å²) in [5.74, 6) is 0. The molecular formula is C11H16Br2N2O3S2. The fraction of sp³-hybridized carbons (Fsp3) is 0.455. The lowest BCUT2D eigenvalue weighted by molar-refractivity contribution is 0.282. The van der Waals surface area contributed by atoms with Crippen LogP contribution in [0.5, 0.6) is 0 Å². The van der Waals surface area contributed by atoms with Crippen molar-refractivity contribution in [3.05, 3.63) is 21.1 Å². The van der Waals surface area contributed by atoms with Gasteiger partial charge in [0, 0.05) is 20.2 Å². The zero-order valence-electron chi connectivity index (χ0n) is 10.9. The summed E-state index contributed by atoms with van der Waals surface area (Å²) in [6.45, 7) is 1.60. The van der Waals surface area contributed by atoms with Crippen LogP contribution in [0.1, 0.15) is 6.92 Å². The van der Waals surface area contributed by atoms with Crippen molar-refractivity contribution in [2.45, 2.75) is 23.1 Å². The summed E-state index contributed by atoms with van der Waals surface area (Å²) >= 11 is 7.86. The van der Waals surface area contributed by atoms with Crippen molar-refractivity contribution >= 4 is 59.3 Å². The monoisotopic (exact) mass is 446 g/mol. The van der Waals surface area contributed by atoms with Crippen LogP contribution in [0.3, 0.4) is 0 Å². The van der Waals surface area contributed by atoms with Crippen LogP contribution in [-0.2, 0) is 10.0 Å². The fourth-order valence-corrected chi connectivity index (χ4v) is 5.75. The van der Waals surface area contributed by atoms with Gasteiger partial charge >= 0.3 is 0 Å². The Balaban J connectivity index is 3.12. The van der Waals surface area contributed by atoms with E-state index in [0.717, 1.165) is 0 Å². The van der Waals surface area contributed by atoms with Gasteiger partial charge in [0.1, 0.15) is 4.90 Å². The van der Waals surface area contributed by atoms with Crippen LogP contribution >= 0.6 is 43.6 Å². The molecule has 0 saturated heterocycles. The molecule has 20 heavy (non-hydrogen) atoms. The van der Waals surface area contributed by atoms with Crippen LogP contribution in [0.2, 0.25) is 0 Å². The molecule has 1 aromatic rings. The third kappa shape index (κ3) is 4.35. The van der Waals surface area contributed by atoms with E-state index in [-0.39, 0.29) is 22.4 Å². The van der Waals surface area contributed by atoms with Crippen LogP contribution in [-0.4, -0.2) is 37.7 Å². The zero-order valence-corrected chi connectivity index (χ0v) is 15.7. The number of halogens is 2. The largest absolute Gasteiger partial charge is 0.398 e. The van der Waals surface area contributed by atoms with E-state index in [4.69, 9.17) is 5.73 Å². The number of rotatable bonds is 6. The molecule has 1 rings (SSSR count). The average Bonchev–Trinajstić information content (AvgIpc) is 2.27. The smallest absolute Gasteiger partial charge is 0.244 e. The Morgan fingerprint density at radius 3 is 2.50 bits per heavy atom. The van der Waals surface area contributed by atoms with E-state index >= 15 is 0 Å². The van der Waals surface area contributed by atoms with Crippen molar-refractivity contribution in [3.8, 4) is 0 Å². The Bertz CT molecular complexity index is 554. The van der Waals surface area contributed by atoms with E-state index in [1.807, 2.05) is 6.26 Å². The highest BCUT2D eigenvalue weighted by atomic mass is 79.9. The number of sulfonamides is 1. The minimum Gasteiger partial charge on any atom is -0.398 e. The van der Waals surface area contributed by atoms with Crippen molar-refractivity contribution in [2.24, 2.45) is 0 Å². The summed E-state index contributed by atoms with van der Waals surface area (Å²) in [5.41, 5.74) is 5.94. The summed E-state index contributed by atoms with van der Waals surface area (Å²) in [5, 5.41) is 8.99. The van der Waals surface area contributed by atoms with Gasteiger partial charge in [-0.15, -0.1) is 0 Å². The number of aliphatic hydroxyl groups excluding tert-OH is 1. The molecule has 9 heteroatoms. The normalized spacial score (nSPS) is 15.1. The predicted molar refractivity (Wildman–Crippen MR) is 90.4 cm³/mol. The first-order chi connectivity index (χ1) is 9.22. The Hall–Kier alpha value is 0.200. The topological polar surface area (TPSA) is 92.4 Å². The van der Waals surface area contributed by atoms with Crippen molar-refractivity contribution in [3.63, 3.8) is 0 Å². The first-order valence-corrected chi connectivity index (χ1v) is 9.99. The van der Waals surface area contributed by atoms with Crippen molar-refractivity contribution in [1.82, 2.24) is 4.72 Å². The second kappa shape index (κ2) is 7.46. The molecule has 0 bridgehead atoms. The predicted octanol–water partition coefficient (Wildman–Crippen LogP) is 2.18. The number of benzene rings is 1. The summed E-state index contributed by atoms with van der Waals surface area (Å²) in [4.78, 5) is 0.00495. The van der Waals surface area contributed by atoms with Gasteiger partial charge in [-0.25, -0.2) is 13.1 Å². The number of nitrogens with two attached hydrogens (primary N) is 1. The van der Waals surface area contributed by atoms with E-state index in [9.17, 15) is 13.5 Å². The lowest BCUT2D eigenvalue weighted by Gasteiger charge is -2.22. The minimum absolute atomic E-state index is 0.00495. The molecule has 0 amide bonds. The highest BCUT2D eigenvalue weighted by molar-refractivity contribution is 9.11. The van der Waals surface area contributed by atoms with Crippen molar-refractivity contribution in [2.75, 3.05) is 18.6 Å². The molecule has 0 spiro atoms. The molecule has 114 valence electrons. The van der Waals surface area contributed by atoms with Crippen LogP contribution < -0.4 is 10.5 Å². The van der Waals surface area contributed by atoms with Gasteiger partial charge in [0.25, 0.3) is 0 Å². The molecule has 2 atom stereocenters. The lowest BCUT2D eigenvalue weighted by atomic mass is 10.3. The van der Waals surface area contributed by atoms with Gasteiger partial charge < -0.3 is 10.8 Å². The molecule has 0 aromatic heterocycles. The lowest BCUT2D eigenvalue weighted by Crippen LogP contribution is -2.41. The zero-order chi connectivity index (χ0) is 15.5. The van der Waals surface area contributed by atoms with Gasteiger partial charge in [-0.05, 0) is 41.2 Å². The van der Waals surface area contributed by atoms with Gasteiger partial charge in [0.2, 0.25) is 10.0 Å². The average molecular weight is 448 g/mol. The van der Waals surface area contributed by atoms with Gasteiger partial charge in [0.05, 0.1) is 12.3 Å². The summed E-state index contributed by atoms with van der Waals surface area (Å²) in [6.07, 6.45) is 1.82. The maximum absolute atomic E-state index is 12.4. The first-order valence-electron chi connectivity index (χ1n) is 5.63. The fourth-order valence-electron chi connectivity index (χ4n) is 1.68. The highest BCUT2D eigenvalue weighted by Gasteiger charge is 2.26. The second-order valence-corrected chi connectivity index (χ2v) is 8.67. The van der Waals surface area contributed by atoms with Crippen molar-refractivity contribution in [1.29, 1.82) is 0 Å². The van der Waals surface area contributed by atoms with Crippen molar-refractivity contribution < 1.29 is 13.5 Å².